The number of halogens is 1. The molecule has 0 aromatic heterocycles. The molecule has 0 radical (unpaired) electrons. The van der Waals surface area contributed by atoms with Gasteiger partial charge in [0, 0.05) is 16.6 Å². The zero-order chi connectivity index (χ0) is 14.5. The summed E-state index contributed by atoms with van der Waals surface area (Å²) in [5.41, 5.74) is 7.55. The average molecular weight is 292 g/mol. The fraction of sp³-hybridized carbons (Fsp3) is 0.250. The van der Waals surface area contributed by atoms with Gasteiger partial charge < -0.3 is 15.6 Å². The van der Waals surface area contributed by atoms with Crippen LogP contribution in [0.3, 0.4) is 0 Å². The second kappa shape index (κ2) is 6.75. The zero-order valence-corrected chi connectivity index (χ0v) is 12.0. The van der Waals surface area contributed by atoms with Gasteiger partial charge in [0.25, 0.3) is 0 Å². The Hall–Kier alpha value is -1.55. The number of ether oxygens (including phenoxy) is 1. The number of benzene rings is 2. The second-order valence-corrected chi connectivity index (χ2v) is 5.14. The molecule has 2 atom stereocenters. The Bertz CT molecular complexity index is 558. The van der Waals surface area contributed by atoms with Gasteiger partial charge in [0.05, 0.1) is 0 Å². The molecule has 0 heterocycles. The quantitative estimate of drug-likeness (QED) is 0.887. The van der Waals surface area contributed by atoms with Crippen molar-refractivity contribution in [2.75, 3.05) is 6.61 Å². The van der Waals surface area contributed by atoms with Gasteiger partial charge in [-0.2, -0.15) is 0 Å². The second-order valence-electron chi connectivity index (χ2n) is 4.71. The topological polar surface area (TPSA) is 55.5 Å². The number of aliphatic hydroxyl groups is 1. The van der Waals surface area contributed by atoms with Gasteiger partial charge in [-0.1, -0.05) is 41.9 Å². The maximum atomic E-state index is 10.1. The van der Waals surface area contributed by atoms with Crippen LogP contribution in [0, 0.1) is 0 Å². The molecule has 2 aromatic carbocycles. The first-order valence-electron chi connectivity index (χ1n) is 6.48. The van der Waals surface area contributed by atoms with E-state index in [1.165, 1.54) is 0 Å². The molecule has 3 N–H and O–H groups in total. The minimum absolute atomic E-state index is 0.172. The van der Waals surface area contributed by atoms with Gasteiger partial charge in [-0.3, -0.25) is 0 Å². The van der Waals surface area contributed by atoms with Crippen molar-refractivity contribution >= 4 is 11.6 Å². The Morgan fingerprint density at radius 2 is 1.90 bits per heavy atom. The van der Waals surface area contributed by atoms with Crippen LogP contribution in [0.25, 0.3) is 0 Å². The van der Waals surface area contributed by atoms with Crippen LogP contribution in [0.1, 0.15) is 30.2 Å². The van der Waals surface area contributed by atoms with Gasteiger partial charge in [0.1, 0.15) is 18.5 Å². The van der Waals surface area contributed by atoms with Crippen molar-refractivity contribution in [3.8, 4) is 5.75 Å². The summed E-state index contributed by atoms with van der Waals surface area (Å²) in [6.07, 6.45) is -0.673. The van der Waals surface area contributed by atoms with Gasteiger partial charge in [-0.15, -0.1) is 0 Å². The van der Waals surface area contributed by atoms with Crippen LogP contribution in [0.15, 0.2) is 48.5 Å². The number of rotatable bonds is 5. The number of nitrogens with two attached hydrogens (primary N) is 1. The summed E-state index contributed by atoms with van der Waals surface area (Å²) in [5.74, 6) is 0.652. The molecule has 4 heteroatoms. The molecule has 0 bridgehead atoms. The number of aliphatic hydroxyl groups excluding tert-OH is 1. The van der Waals surface area contributed by atoms with Crippen LogP contribution in [0.5, 0.6) is 5.75 Å². The van der Waals surface area contributed by atoms with Gasteiger partial charge in [-0.05, 0) is 30.7 Å². The molecule has 0 aliphatic rings. The van der Waals surface area contributed by atoms with Crippen LogP contribution in [0.4, 0.5) is 0 Å². The molecule has 0 amide bonds. The summed E-state index contributed by atoms with van der Waals surface area (Å²) in [6, 6.07) is 14.5. The van der Waals surface area contributed by atoms with Crippen molar-refractivity contribution in [1.82, 2.24) is 0 Å². The first-order valence-corrected chi connectivity index (χ1v) is 6.86. The number of hydrogen-bond acceptors (Lipinski definition) is 3. The van der Waals surface area contributed by atoms with Gasteiger partial charge >= 0.3 is 0 Å². The zero-order valence-electron chi connectivity index (χ0n) is 11.3. The predicted octanol–water partition coefficient (Wildman–Crippen LogP) is 3.47. The summed E-state index contributed by atoms with van der Waals surface area (Å²) in [4.78, 5) is 0. The van der Waals surface area contributed by atoms with Crippen molar-refractivity contribution in [1.29, 1.82) is 0 Å². The standard InChI is InChI=1S/C16H18ClNO2/c1-11(18)14-9-13(17)7-8-16(14)20-10-15(19)12-5-3-2-4-6-12/h2-9,11,15,19H,10,18H2,1H3/t11-,15?/m0/s1. The van der Waals surface area contributed by atoms with E-state index in [-0.39, 0.29) is 12.6 Å². The van der Waals surface area contributed by atoms with E-state index in [1.54, 1.807) is 18.2 Å². The molecule has 106 valence electrons. The Kier molecular flexibility index (Phi) is 5.01. The number of hydrogen-bond donors (Lipinski definition) is 2. The maximum absolute atomic E-state index is 10.1. The van der Waals surface area contributed by atoms with Crippen LogP contribution < -0.4 is 10.5 Å². The van der Waals surface area contributed by atoms with Crippen molar-refractivity contribution in [3.63, 3.8) is 0 Å². The largest absolute Gasteiger partial charge is 0.490 e. The average Bonchev–Trinajstić information content (AvgIpc) is 2.46. The fourth-order valence-electron chi connectivity index (χ4n) is 1.95. The third-order valence-electron chi connectivity index (χ3n) is 3.04. The van der Waals surface area contributed by atoms with Crippen LogP contribution >= 0.6 is 11.6 Å². The highest BCUT2D eigenvalue weighted by molar-refractivity contribution is 6.30. The van der Waals surface area contributed by atoms with Crippen molar-refractivity contribution < 1.29 is 9.84 Å². The van der Waals surface area contributed by atoms with E-state index >= 15 is 0 Å². The SMILES string of the molecule is C[C@H](N)c1cc(Cl)ccc1OCC(O)c1ccccc1. The molecule has 3 nitrogen and oxygen atoms in total. The van der Waals surface area contributed by atoms with E-state index in [9.17, 15) is 5.11 Å². The predicted molar refractivity (Wildman–Crippen MR) is 81.0 cm³/mol. The summed E-state index contributed by atoms with van der Waals surface area (Å²) in [7, 11) is 0. The molecule has 2 rings (SSSR count). The Labute approximate surface area is 123 Å². The maximum Gasteiger partial charge on any atom is 0.124 e. The monoisotopic (exact) mass is 291 g/mol. The van der Waals surface area contributed by atoms with E-state index < -0.39 is 6.10 Å². The lowest BCUT2D eigenvalue weighted by atomic mass is 10.1. The molecular weight excluding hydrogens is 274 g/mol. The molecular formula is C16H18ClNO2. The molecule has 0 aliphatic carbocycles. The fourth-order valence-corrected chi connectivity index (χ4v) is 2.13. The molecule has 0 saturated heterocycles. The molecule has 2 aromatic rings. The Balaban J connectivity index is 2.08. The Morgan fingerprint density at radius 1 is 1.20 bits per heavy atom. The molecule has 1 unspecified atom stereocenters. The van der Waals surface area contributed by atoms with E-state index in [4.69, 9.17) is 22.1 Å². The van der Waals surface area contributed by atoms with Crippen LogP contribution in [-0.4, -0.2) is 11.7 Å². The molecule has 0 saturated carbocycles. The summed E-state index contributed by atoms with van der Waals surface area (Å²) in [5, 5.41) is 10.7. The minimum atomic E-state index is -0.673. The molecule has 0 fully saturated rings. The smallest absolute Gasteiger partial charge is 0.124 e. The van der Waals surface area contributed by atoms with E-state index in [2.05, 4.69) is 0 Å². The van der Waals surface area contributed by atoms with E-state index in [0.717, 1.165) is 11.1 Å². The van der Waals surface area contributed by atoms with Gasteiger partial charge in [0.15, 0.2) is 0 Å². The summed E-state index contributed by atoms with van der Waals surface area (Å²) < 4.78 is 5.68. The molecule has 0 spiro atoms. The Morgan fingerprint density at radius 3 is 2.55 bits per heavy atom. The minimum Gasteiger partial charge on any atom is -0.490 e. The van der Waals surface area contributed by atoms with E-state index in [1.807, 2.05) is 37.3 Å². The first kappa shape index (κ1) is 14.9. The van der Waals surface area contributed by atoms with E-state index in [0.29, 0.717) is 10.8 Å². The van der Waals surface area contributed by atoms with Gasteiger partial charge in [-0.25, -0.2) is 0 Å². The lowest BCUT2D eigenvalue weighted by Gasteiger charge is -2.17. The lowest BCUT2D eigenvalue weighted by Crippen LogP contribution is -2.13. The highest BCUT2D eigenvalue weighted by Gasteiger charge is 2.12. The van der Waals surface area contributed by atoms with Crippen LogP contribution in [0.2, 0.25) is 5.02 Å². The lowest BCUT2D eigenvalue weighted by molar-refractivity contribution is 0.107. The van der Waals surface area contributed by atoms with Crippen LogP contribution in [-0.2, 0) is 0 Å². The highest BCUT2D eigenvalue weighted by Crippen LogP contribution is 2.28. The normalized spacial score (nSPS) is 13.8. The van der Waals surface area contributed by atoms with Gasteiger partial charge in [0.2, 0.25) is 0 Å². The van der Waals surface area contributed by atoms with Crippen molar-refractivity contribution in [2.24, 2.45) is 5.73 Å². The third kappa shape index (κ3) is 3.73. The third-order valence-corrected chi connectivity index (χ3v) is 3.28. The van der Waals surface area contributed by atoms with Crippen molar-refractivity contribution in [2.45, 2.75) is 19.1 Å². The first-order chi connectivity index (χ1) is 9.58. The highest BCUT2D eigenvalue weighted by atomic mass is 35.5. The molecule has 20 heavy (non-hydrogen) atoms. The van der Waals surface area contributed by atoms with Crippen molar-refractivity contribution in [3.05, 3.63) is 64.7 Å². The summed E-state index contributed by atoms with van der Waals surface area (Å²) in [6.45, 7) is 2.04. The molecule has 0 aliphatic heterocycles. The summed E-state index contributed by atoms with van der Waals surface area (Å²) >= 11 is 5.96.